The fourth-order valence-electron chi connectivity index (χ4n) is 1.93. The molecule has 4 nitrogen and oxygen atoms in total. The highest BCUT2D eigenvalue weighted by Crippen LogP contribution is 2.33. The minimum absolute atomic E-state index is 0.120. The van der Waals surface area contributed by atoms with Gasteiger partial charge in [-0.25, -0.2) is 0 Å². The molecule has 0 saturated carbocycles. The van der Waals surface area contributed by atoms with Gasteiger partial charge in [0.15, 0.2) is 0 Å². The Labute approximate surface area is 168 Å². The summed E-state index contributed by atoms with van der Waals surface area (Å²) in [4.78, 5) is 0. The molecular formula is C21H24O4. The highest BCUT2D eigenvalue weighted by atomic mass is 16.6. The molecule has 0 aliphatic carbocycles. The number of epoxide rings is 2. The van der Waals surface area contributed by atoms with Gasteiger partial charge in [-0.3, -0.25) is 0 Å². The molecule has 2 fully saturated rings. The molecule has 4 heteroatoms. The van der Waals surface area contributed by atoms with Crippen LogP contribution in [0.25, 0.3) is 0 Å². The van der Waals surface area contributed by atoms with Gasteiger partial charge in [-0.15, -0.1) is 0 Å². The molecule has 2 aliphatic rings. The molecular weight excluding hydrogens is 316 g/mol. The monoisotopic (exact) mass is 354 g/mol. The van der Waals surface area contributed by atoms with E-state index in [2.05, 4.69) is 0 Å². The van der Waals surface area contributed by atoms with Crippen LogP contribution < -0.4 is 9.47 Å². The van der Waals surface area contributed by atoms with Crippen molar-refractivity contribution in [2.24, 2.45) is 0 Å². The van der Waals surface area contributed by atoms with E-state index in [1.165, 1.54) is 0 Å². The molecule has 0 aromatic heterocycles. The smallest absolute Gasteiger partial charge is 0.119 e. The van der Waals surface area contributed by atoms with Crippen molar-refractivity contribution < 1.29 is 38.1 Å². The molecule has 2 saturated heterocycles. The predicted octanol–water partition coefficient (Wildman–Crippen LogP) is 3.57. The first-order valence-corrected chi connectivity index (χ1v) is 7.67. The van der Waals surface area contributed by atoms with Gasteiger partial charge in [-0.2, -0.15) is 0 Å². The lowest BCUT2D eigenvalue weighted by Crippen LogP contribution is -2.18. The topological polar surface area (TPSA) is 43.5 Å². The van der Waals surface area contributed by atoms with Crippen molar-refractivity contribution >= 4 is 0 Å². The highest BCUT2D eigenvalue weighted by molar-refractivity contribution is 5.41. The van der Waals surface area contributed by atoms with Gasteiger partial charge in [0, 0.05) is 13.6 Å². The fraction of sp³-hybridized carbons (Fsp3) is 0.429. The summed E-state index contributed by atoms with van der Waals surface area (Å²) in [5.74, 6) is -1.11. The van der Waals surface area contributed by atoms with E-state index >= 15 is 0 Å². The van der Waals surface area contributed by atoms with E-state index in [1.54, 1.807) is 0 Å². The van der Waals surface area contributed by atoms with Crippen LogP contribution in [0.15, 0.2) is 48.3 Å². The van der Waals surface area contributed by atoms with E-state index in [4.69, 9.17) is 38.1 Å². The average Bonchev–Trinajstić information content (AvgIpc) is 3.74. The number of hydrogen-bond donors (Lipinski definition) is 0. The number of benzene rings is 2. The summed E-state index contributed by atoms with van der Waals surface area (Å²) in [6.45, 7) is -6.96. The van der Waals surface area contributed by atoms with E-state index in [0.29, 0.717) is 13.2 Å². The Bertz CT molecular complexity index is 1140. The minimum atomic E-state index is -3.72. The third-order valence-corrected chi connectivity index (χ3v) is 3.59. The minimum Gasteiger partial charge on any atom is -0.491 e. The number of ether oxygens (including phenoxy) is 4. The zero-order chi connectivity index (χ0) is 29.2. The molecule has 0 amide bonds. The summed E-state index contributed by atoms with van der Waals surface area (Å²) in [6, 6.07) is -7.77. The normalized spacial score (nSPS) is 30.7. The Morgan fingerprint density at radius 2 is 1.28 bits per heavy atom. The molecule has 2 aliphatic heterocycles. The molecule has 2 aromatic rings. The standard InChI is InChI=1S/C21H24O4/c1-21(2,15-3-7-17(8-4-15)22-11-19-13-24-19)16-5-9-18(10-6-16)23-12-20-14-25-20/h3-10,19-20H,11-14H2,1-2H3/i1D3,2D3,3D,4D,5D,6D,7D,8D,9D,10D. The molecule has 2 atom stereocenters. The van der Waals surface area contributed by atoms with Crippen molar-refractivity contribution in [3.05, 3.63) is 59.5 Å². The lowest BCUT2D eigenvalue weighted by atomic mass is 9.78. The van der Waals surface area contributed by atoms with E-state index in [9.17, 15) is 0 Å². The van der Waals surface area contributed by atoms with Crippen LogP contribution in [0.3, 0.4) is 0 Å². The largest absolute Gasteiger partial charge is 0.491 e. The summed E-state index contributed by atoms with van der Waals surface area (Å²) < 4.78 is 139. The Kier molecular flexibility index (Phi) is 1.86. The molecule has 2 unspecified atom stereocenters. The van der Waals surface area contributed by atoms with Crippen LogP contribution in [0.2, 0.25) is 0 Å². The summed E-state index contributed by atoms with van der Waals surface area (Å²) in [5, 5.41) is 0. The molecule has 0 bridgehead atoms. The average molecular weight is 355 g/mol. The second-order valence-corrected chi connectivity index (χ2v) is 5.69. The van der Waals surface area contributed by atoms with Crippen LogP contribution in [-0.2, 0) is 14.9 Å². The maximum Gasteiger partial charge on any atom is 0.119 e. The zero-order valence-corrected chi connectivity index (χ0v) is 13.1. The Morgan fingerprint density at radius 3 is 1.60 bits per heavy atom. The Morgan fingerprint density at radius 1 is 0.880 bits per heavy atom. The van der Waals surface area contributed by atoms with Gasteiger partial charge in [0.05, 0.1) is 24.2 Å². The summed E-state index contributed by atoms with van der Waals surface area (Å²) in [6.07, 6.45) is -0.656. The van der Waals surface area contributed by atoms with Gasteiger partial charge in [-0.1, -0.05) is 37.9 Å². The molecule has 0 radical (unpaired) electrons. The molecule has 0 N–H and O–H groups in total. The number of rotatable bonds is 8. The van der Waals surface area contributed by atoms with Crippen LogP contribution in [0.1, 0.15) is 44.0 Å². The van der Waals surface area contributed by atoms with Crippen LogP contribution in [0.5, 0.6) is 11.5 Å². The van der Waals surface area contributed by atoms with Crippen LogP contribution in [0.4, 0.5) is 0 Å². The first-order valence-electron chi connectivity index (χ1n) is 14.7. The van der Waals surface area contributed by atoms with E-state index in [-0.39, 0.29) is 25.4 Å². The van der Waals surface area contributed by atoms with Crippen molar-refractivity contribution in [2.45, 2.75) is 31.3 Å². The first-order chi connectivity index (χ1) is 18.0. The van der Waals surface area contributed by atoms with E-state index in [1.807, 2.05) is 0 Å². The van der Waals surface area contributed by atoms with Crippen molar-refractivity contribution in [3.63, 3.8) is 0 Å². The van der Waals surface area contributed by atoms with Crippen molar-refractivity contribution in [1.29, 1.82) is 0 Å². The van der Waals surface area contributed by atoms with Crippen molar-refractivity contribution in [1.82, 2.24) is 0 Å². The molecule has 2 heterocycles. The molecule has 2 aromatic carbocycles. The third-order valence-electron chi connectivity index (χ3n) is 3.59. The van der Waals surface area contributed by atoms with Crippen molar-refractivity contribution in [3.8, 4) is 11.5 Å². The summed E-state index contributed by atoms with van der Waals surface area (Å²) in [7, 11) is 0. The van der Waals surface area contributed by atoms with E-state index < -0.39 is 90.1 Å². The van der Waals surface area contributed by atoms with Crippen LogP contribution in [0, 0.1) is 0 Å². The lowest BCUT2D eigenvalue weighted by molar-refractivity contribution is 0.263. The van der Waals surface area contributed by atoms with Gasteiger partial charge in [0.1, 0.15) is 36.9 Å². The molecule has 4 rings (SSSR count). The first kappa shape index (κ1) is 6.93. The molecule has 132 valence electrons. The third kappa shape index (κ3) is 4.14. The number of hydrogen-bond acceptors (Lipinski definition) is 4. The lowest BCUT2D eigenvalue weighted by Gasteiger charge is -2.26. The van der Waals surface area contributed by atoms with Crippen LogP contribution >= 0.6 is 0 Å². The predicted molar refractivity (Wildman–Crippen MR) is 95.5 cm³/mol. The van der Waals surface area contributed by atoms with Crippen LogP contribution in [-0.4, -0.2) is 38.6 Å². The maximum atomic E-state index is 8.59. The Hall–Kier alpha value is -2.04. The Balaban J connectivity index is 2.07. The maximum absolute atomic E-state index is 8.59. The zero-order valence-electron chi connectivity index (χ0n) is 27.1. The van der Waals surface area contributed by atoms with Gasteiger partial charge < -0.3 is 18.9 Å². The van der Waals surface area contributed by atoms with Gasteiger partial charge >= 0.3 is 0 Å². The van der Waals surface area contributed by atoms with Gasteiger partial charge in [0.25, 0.3) is 0 Å². The SMILES string of the molecule is [2H]c1c([2H])c(C(c2c([2H])c([2H])c(OCC3CO3)c([2H])c2[2H])(C([2H])([2H])[2H])C([2H])([2H])[2H])c([2H])c([2H])c1OCC1CO1. The quantitative estimate of drug-likeness (QED) is 0.680. The molecule has 25 heavy (non-hydrogen) atoms. The van der Waals surface area contributed by atoms with E-state index in [0.717, 1.165) is 0 Å². The van der Waals surface area contributed by atoms with Gasteiger partial charge in [-0.05, 0) is 35.3 Å². The second kappa shape index (κ2) is 6.70. The summed E-state index contributed by atoms with van der Waals surface area (Å²) >= 11 is 0. The fourth-order valence-corrected chi connectivity index (χ4v) is 1.93. The van der Waals surface area contributed by atoms with Gasteiger partial charge in [0.2, 0.25) is 0 Å². The van der Waals surface area contributed by atoms with Crippen molar-refractivity contribution in [2.75, 3.05) is 26.4 Å². The summed E-state index contributed by atoms with van der Waals surface area (Å²) in [5.41, 5.74) is -5.78. The highest BCUT2D eigenvalue weighted by Gasteiger charge is 2.25. The second-order valence-electron chi connectivity index (χ2n) is 5.69. The molecule has 0 spiro atoms.